The van der Waals surface area contributed by atoms with Crippen molar-refractivity contribution in [1.29, 1.82) is 0 Å². The second-order valence-electron chi connectivity index (χ2n) is 4.08. The molecule has 0 spiro atoms. The molecule has 0 radical (unpaired) electrons. The van der Waals surface area contributed by atoms with Crippen LogP contribution >= 0.6 is 15.9 Å². The molecule has 2 aromatic rings. The zero-order chi connectivity index (χ0) is 11.1. The molecule has 0 N–H and O–H groups in total. The van der Waals surface area contributed by atoms with Gasteiger partial charge in [0.1, 0.15) is 5.82 Å². The highest BCUT2D eigenvalue weighted by Crippen LogP contribution is 2.33. The topological polar surface area (TPSA) is 25.8 Å². The smallest absolute Gasteiger partial charge is 0.125 e. The maximum Gasteiger partial charge on any atom is 0.125 e. The molecule has 3 rings (SSSR count). The second kappa shape index (κ2) is 3.67. The van der Waals surface area contributed by atoms with Gasteiger partial charge in [0.05, 0.1) is 5.69 Å². The summed E-state index contributed by atoms with van der Waals surface area (Å²) >= 11 is 3.51. The molecular formula is C13H11BrN2. The molecule has 1 heterocycles. The number of aryl methyl sites for hydroxylation is 3. The summed E-state index contributed by atoms with van der Waals surface area (Å²) in [6.07, 6.45) is 4.03. The van der Waals surface area contributed by atoms with E-state index in [1.165, 1.54) is 22.4 Å². The highest BCUT2D eigenvalue weighted by Gasteiger charge is 2.17. The first-order valence-corrected chi connectivity index (χ1v) is 6.14. The van der Waals surface area contributed by atoms with Gasteiger partial charge in [0.2, 0.25) is 0 Å². The lowest BCUT2D eigenvalue weighted by Crippen LogP contribution is -2.07. The van der Waals surface area contributed by atoms with Crippen LogP contribution in [0.15, 0.2) is 28.9 Å². The first kappa shape index (κ1) is 9.97. The summed E-state index contributed by atoms with van der Waals surface area (Å²) < 4.78 is 1.14. The first-order valence-electron chi connectivity index (χ1n) is 5.35. The summed E-state index contributed by atoms with van der Waals surface area (Å²) in [6, 6.07) is 6.42. The Morgan fingerprint density at radius 3 is 2.94 bits per heavy atom. The van der Waals surface area contributed by atoms with Gasteiger partial charge in [-0.25, -0.2) is 9.97 Å². The summed E-state index contributed by atoms with van der Waals surface area (Å²) in [5.41, 5.74) is 5.04. The third kappa shape index (κ3) is 1.55. The zero-order valence-corrected chi connectivity index (χ0v) is 10.6. The number of fused-ring (bicyclic) bond motifs is 3. The number of halogens is 1. The molecule has 0 amide bonds. The van der Waals surface area contributed by atoms with Crippen molar-refractivity contribution in [3.8, 4) is 11.1 Å². The van der Waals surface area contributed by atoms with Crippen LogP contribution in [0.3, 0.4) is 0 Å². The van der Waals surface area contributed by atoms with Crippen molar-refractivity contribution in [3.05, 3.63) is 46.0 Å². The normalized spacial score (nSPS) is 13.1. The van der Waals surface area contributed by atoms with E-state index in [-0.39, 0.29) is 0 Å². The summed E-state index contributed by atoms with van der Waals surface area (Å²) in [7, 11) is 0. The Morgan fingerprint density at radius 1 is 1.19 bits per heavy atom. The van der Waals surface area contributed by atoms with Crippen LogP contribution in [0.4, 0.5) is 0 Å². The molecule has 0 saturated heterocycles. The quantitative estimate of drug-likeness (QED) is 0.737. The van der Waals surface area contributed by atoms with E-state index in [4.69, 9.17) is 0 Å². The Kier molecular flexibility index (Phi) is 2.28. The predicted molar refractivity (Wildman–Crippen MR) is 67.3 cm³/mol. The van der Waals surface area contributed by atoms with Gasteiger partial charge in [-0.3, -0.25) is 0 Å². The Morgan fingerprint density at radius 2 is 2.06 bits per heavy atom. The Labute approximate surface area is 103 Å². The summed E-state index contributed by atoms with van der Waals surface area (Å²) in [4.78, 5) is 8.80. The van der Waals surface area contributed by atoms with Crippen molar-refractivity contribution in [1.82, 2.24) is 9.97 Å². The standard InChI is InChI=1S/C13H11BrN2/c1-8-15-7-12-11-4-3-10(14)6-9(11)2-5-13(12)16-8/h3-4,6-7H,2,5H2,1H3. The lowest BCUT2D eigenvalue weighted by atomic mass is 9.89. The molecule has 1 aliphatic carbocycles. The van der Waals surface area contributed by atoms with E-state index >= 15 is 0 Å². The van der Waals surface area contributed by atoms with E-state index in [1.807, 2.05) is 13.1 Å². The van der Waals surface area contributed by atoms with Gasteiger partial charge in [-0.1, -0.05) is 22.0 Å². The Hall–Kier alpha value is -1.22. The molecule has 2 nitrogen and oxygen atoms in total. The van der Waals surface area contributed by atoms with E-state index in [0.29, 0.717) is 0 Å². The molecule has 80 valence electrons. The SMILES string of the molecule is Cc1ncc2c(n1)CCc1cc(Br)ccc1-2. The molecule has 3 heteroatoms. The van der Waals surface area contributed by atoms with Gasteiger partial charge in [-0.05, 0) is 43.0 Å². The molecule has 1 aromatic heterocycles. The van der Waals surface area contributed by atoms with E-state index in [0.717, 1.165) is 23.1 Å². The molecule has 0 bridgehead atoms. The molecule has 0 atom stereocenters. The molecular weight excluding hydrogens is 264 g/mol. The van der Waals surface area contributed by atoms with Gasteiger partial charge in [-0.15, -0.1) is 0 Å². The van der Waals surface area contributed by atoms with Crippen LogP contribution in [0.2, 0.25) is 0 Å². The summed E-state index contributed by atoms with van der Waals surface area (Å²) in [6.45, 7) is 1.94. The zero-order valence-electron chi connectivity index (χ0n) is 9.00. The number of aromatic nitrogens is 2. The highest BCUT2D eigenvalue weighted by atomic mass is 79.9. The summed E-state index contributed by atoms with van der Waals surface area (Å²) in [5.74, 6) is 0.860. The largest absolute Gasteiger partial charge is 0.241 e. The fraction of sp³-hybridized carbons (Fsp3) is 0.231. The maximum atomic E-state index is 4.51. The van der Waals surface area contributed by atoms with Crippen LogP contribution in [0.5, 0.6) is 0 Å². The Balaban J connectivity index is 2.23. The van der Waals surface area contributed by atoms with Crippen LogP contribution < -0.4 is 0 Å². The Bertz CT molecular complexity index is 512. The highest BCUT2D eigenvalue weighted by molar-refractivity contribution is 9.10. The number of hydrogen-bond acceptors (Lipinski definition) is 2. The minimum atomic E-state index is 0.860. The van der Waals surface area contributed by atoms with Crippen LogP contribution in [0.25, 0.3) is 11.1 Å². The van der Waals surface area contributed by atoms with E-state index in [9.17, 15) is 0 Å². The number of nitrogens with zero attached hydrogens (tertiary/aromatic N) is 2. The second-order valence-corrected chi connectivity index (χ2v) is 4.99. The molecule has 1 aromatic carbocycles. The minimum absolute atomic E-state index is 0.860. The monoisotopic (exact) mass is 274 g/mol. The number of benzene rings is 1. The van der Waals surface area contributed by atoms with Gasteiger partial charge in [-0.2, -0.15) is 0 Å². The van der Waals surface area contributed by atoms with Gasteiger partial charge in [0.25, 0.3) is 0 Å². The van der Waals surface area contributed by atoms with Crippen molar-refractivity contribution in [3.63, 3.8) is 0 Å². The molecule has 1 aliphatic rings. The molecule has 0 unspecified atom stereocenters. The van der Waals surface area contributed by atoms with Crippen molar-refractivity contribution in [2.75, 3.05) is 0 Å². The number of hydrogen-bond donors (Lipinski definition) is 0. The van der Waals surface area contributed by atoms with Crippen LogP contribution in [0.1, 0.15) is 17.1 Å². The van der Waals surface area contributed by atoms with E-state index in [1.54, 1.807) is 0 Å². The lowest BCUT2D eigenvalue weighted by molar-refractivity contribution is 0.863. The number of rotatable bonds is 0. The van der Waals surface area contributed by atoms with Gasteiger partial charge >= 0.3 is 0 Å². The molecule has 0 aliphatic heterocycles. The molecule has 16 heavy (non-hydrogen) atoms. The third-order valence-electron chi connectivity index (χ3n) is 2.98. The van der Waals surface area contributed by atoms with Crippen molar-refractivity contribution < 1.29 is 0 Å². The van der Waals surface area contributed by atoms with Gasteiger partial charge in [0, 0.05) is 16.2 Å². The van der Waals surface area contributed by atoms with Crippen molar-refractivity contribution in [2.45, 2.75) is 19.8 Å². The third-order valence-corrected chi connectivity index (χ3v) is 3.47. The lowest BCUT2D eigenvalue weighted by Gasteiger charge is -2.18. The molecule has 0 saturated carbocycles. The maximum absolute atomic E-state index is 4.51. The predicted octanol–water partition coefficient (Wildman–Crippen LogP) is 3.31. The fourth-order valence-electron chi connectivity index (χ4n) is 2.22. The van der Waals surface area contributed by atoms with Crippen molar-refractivity contribution in [2.24, 2.45) is 0 Å². The first-order chi connectivity index (χ1) is 7.74. The van der Waals surface area contributed by atoms with Crippen LogP contribution in [-0.2, 0) is 12.8 Å². The minimum Gasteiger partial charge on any atom is -0.241 e. The van der Waals surface area contributed by atoms with E-state index < -0.39 is 0 Å². The van der Waals surface area contributed by atoms with Crippen molar-refractivity contribution >= 4 is 15.9 Å². The summed E-state index contributed by atoms with van der Waals surface area (Å²) in [5, 5.41) is 0. The average molecular weight is 275 g/mol. The van der Waals surface area contributed by atoms with E-state index in [2.05, 4.69) is 44.1 Å². The molecule has 0 fully saturated rings. The van der Waals surface area contributed by atoms with Crippen LogP contribution in [0, 0.1) is 6.92 Å². The average Bonchev–Trinajstić information content (AvgIpc) is 2.28. The fourth-order valence-corrected chi connectivity index (χ4v) is 2.63. The van der Waals surface area contributed by atoms with Gasteiger partial charge < -0.3 is 0 Å². The van der Waals surface area contributed by atoms with Gasteiger partial charge in [0.15, 0.2) is 0 Å². The van der Waals surface area contributed by atoms with Crippen LogP contribution in [-0.4, -0.2) is 9.97 Å².